The molecule has 0 aliphatic heterocycles. The Morgan fingerprint density at radius 3 is 1.46 bits per heavy atom. The standard InChI is InChI=1S/C56H35N3/c1-2-14-41-36(12-1)13-11-20-42(41)37-24-26-39(27-25-37)55-58-53(38-30-32-57-33-31-38)35-54(59-55)40-28-29-52-48(34-40)44-16-4-3-15-43(44)45-17-5-8-21-49(45)56(52)50-22-9-6-18-46(50)47-19-7-10-23-51(47)56/h1-35H. The molecule has 59 heavy (non-hydrogen) atoms. The van der Waals surface area contributed by atoms with E-state index < -0.39 is 5.41 Å². The van der Waals surface area contributed by atoms with Gasteiger partial charge in [-0.05, 0) is 102 Å². The minimum absolute atomic E-state index is 0.526. The minimum Gasteiger partial charge on any atom is -0.265 e. The van der Waals surface area contributed by atoms with Gasteiger partial charge in [0.2, 0.25) is 0 Å². The maximum Gasteiger partial charge on any atom is 0.160 e. The van der Waals surface area contributed by atoms with E-state index >= 15 is 0 Å². The van der Waals surface area contributed by atoms with Crippen LogP contribution in [-0.4, -0.2) is 15.0 Å². The second kappa shape index (κ2) is 13.2. The number of hydrogen-bond donors (Lipinski definition) is 0. The van der Waals surface area contributed by atoms with E-state index in [2.05, 4.69) is 193 Å². The summed E-state index contributed by atoms with van der Waals surface area (Å²) < 4.78 is 0. The van der Waals surface area contributed by atoms with Crippen molar-refractivity contribution in [2.24, 2.45) is 0 Å². The van der Waals surface area contributed by atoms with E-state index in [9.17, 15) is 0 Å². The zero-order valence-corrected chi connectivity index (χ0v) is 32.0. The molecule has 0 atom stereocenters. The molecular formula is C56H35N3. The van der Waals surface area contributed by atoms with Gasteiger partial charge >= 0.3 is 0 Å². The van der Waals surface area contributed by atoms with Crippen molar-refractivity contribution in [1.29, 1.82) is 0 Å². The van der Waals surface area contributed by atoms with Crippen LogP contribution in [0.3, 0.4) is 0 Å². The monoisotopic (exact) mass is 749 g/mol. The summed E-state index contributed by atoms with van der Waals surface area (Å²) in [7, 11) is 0. The molecule has 2 aliphatic rings. The molecule has 2 aliphatic carbocycles. The van der Waals surface area contributed by atoms with Crippen molar-refractivity contribution in [1.82, 2.24) is 15.0 Å². The third-order valence-corrected chi connectivity index (χ3v) is 12.5. The van der Waals surface area contributed by atoms with Gasteiger partial charge in [0.15, 0.2) is 5.82 Å². The summed E-state index contributed by atoms with van der Waals surface area (Å²) >= 11 is 0. The fourth-order valence-corrected chi connectivity index (χ4v) is 9.88. The van der Waals surface area contributed by atoms with Gasteiger partial charge in [0.1, 0.15) is 0 Å². The topological polar surface area (TPSA) is 38.7 Å². The first kappa shape index (κ1) is 33.4. The van der Waals surface area contributed by atoms with Crippen molar-refractivity contribution < 1.29 is 0 Å². The molecule has 8 aromatic carbocycles. The zero-order valence-electron chi connectivity index (χ0n) is 32.0. The molecule has 0 unspecified atom stereocenters. The molecule has 0 radical (unpaired) electrons. The summed E-state index contributed by atoms with van der Waals surface area (Å²) in [4.78, 5) is 14.9. The molecule has 0 fully saturated rings. The van der Waals surface area contributed by atoms with E-state index in [-0.39, 0.29) is 0 Å². The summed E-state index contributed by atoms with van der Waals surface area (Å²) in [5.41, 5.74) is 19.2. The van der Waals surface area contributed by atoms with Gasteiger partial charge in [-0.15, -0.1) is 0 Å². The summed E-state index contributed by atoms with van der Waals surface area (Å²) in [5, 5.41) is 2.46. The molecule has 0 bridgehead atoms. The van der Waals surface area contributed by atoms with E-state index in [1.807, 2.05) is 24.5 Å². The Morgan fingerprint density at radius 1 is 0.305 bits per heavy atom. The number of fused-ring (bicyclic) bond motifs is 13. The molecule has 0 saturated carbocycles. The van der Waals surface area contributed by atoms with Crippen LogP contribution in [0.25, 0.3) is 89.2 Å². The molecule has 12 rings (SSSR count). The van der Waals surface area contributed by atoms with Gasteiger partial charge in [-0.3, -0.25) is 4.98 Å². The highest BCUT2D eigenvalue weighted by atomic mass is 14.9. The van der Waals surface area contributed by atoms with Gasteiger partial charge in [0.25, 0.3) is 0 Å². The Bertz CT molecular complexity index is 3220. The second-order valence-corrected chi connectivity index (χ2v) is 15.5. The van der Waals surface area contributed by atoms with Crippen LogP contribution in [0.5, 0.6) is 0 Å². The Balaban J connectivity index is 1.08. The average molecular weight is 750 g/mol. The first-order valence-electron chi connectivity index (χ1n) is 20.2. The lowest BCUT2D eigenvalue weighted by atomic mass is 9.66. The lowest BCUT2D eigenvalue weighted by Crippen LogP contribution is -2.29. The zero-order chi connectivity index (χ0) is 38.9. The van der Waals surface area contributed by atoms with E-state index in [1.165, 1.54) is 72.0 Å². The van der Waals surface area contributed by atoms with Crippen LogP contribution >= 0.6 is 0 Å². The van der Waals surface area contributed by atoms with Crippen LogP contribution in [0, 0.1) is 0 Å². The van der Waals surface area contributed by atoms with Crippen molar-refractivity contribution in [3.8, 4) is 78.4 Å². The molecule has 1 spiro atoms. The highest BCUT2D eigenvalue weighted by molar-refractivity contribution is 5.99. The molecule has 0 saturated heterocycles. The SMILES string of the molecule is c1ccc2c(c1)-c1ccccc1C1(c3ccc(-c4cc(-c5ccncc5)nc(-c5ccc(-c6cccc7ccccc67)cc5)n4)cc3-2)c2ccccc2-c2ccccc21. The number of hydrogen-bond acceptors (Lipinski definition) is 3. The minimum atomic E-state index is -0.526. The fourth-order valence-electron chi connectivity index (χ4n) is 9.88. The van der Waals surface area contributed by atoms with E-state index in [4.69, 9.17) is 9.97 Å². The lowest BCUT2D eigenvalue weighted by Gasteiger charge is -2.35. The Labute approximate surface area is 343 Å². The van der Waals surface area contributed by atoms with Crippen LogP contribution < -0.4 is 0 Å². The van der Waals surface area contributed by atoms with Gasteiger partial charge in [-0.25, -0.2) is 9.97 Å². The van der Waals surface area contributed by atoms with Crippen LogP contribution in [0.2, 0.25) is 0 Å². The molecule has 274 valence electrons. The number of pyridine rings is 1. The van der Waals surface area contributed by atoms with Gasteiger partial charge in [0.05, 0.1) is 16.8 Å². The van der Waals surface area contributed by atoms with Crippen LogP contribution in [0.15, 0.2) is 213 Å². The number of aromatic nitrogens is 3. The van der Waals surface area contributed by atoms with Gasteiger partial charge in [0, 0.05) is 29.1 Å². The Morgan fingerprint density at radius 2 is 0.780 bits per heavy atom. The Kier molecular flexibility index (Phi) is 7.45. The quantitative estimate of drug-likeness (QED) is 0.180. The Hall–Kier alpha value is -7.75. The van der Waals surface area contributed by atoms with E-state index in [0.717, 1.165) is 33.6 Å². The third kappa shape index (κ3) is 5.05. The van der Waals surface area contributed by atoms with Crippen molar-refractivity contribution in [2.75, 3.05) is 0 Å². The van der Waals surface area contributed by atoms with Crippen LogP contribution in [-0.2, 0) is 5.41 Å². The predicted octanol–water partition coefficient (Wildman–Crippen LogP) is 13.7. The molecule has 3 heteroatoms. The molecule has 0 amide bonds. The smallest absolute Gasteiger partial charge is 0.160 e. The van der Waals surface area contributed by atoms with Crippen molar-refractivity contribution in [2.45, 2.75) is 5.41 Å². The van der Waals surface area contributed by atoms with Crippen LogP contribution in [0.4, 0.5) is 0 Å². The summed E-state index contributed by atoms with van der Waals surface area (Å²) in [6, 6.07) is 72.8. The molecule has 10 aromatic rings. The number of rotatable bonds is 4. The molecule has 0 N–H and O–H groups in total. The van der Waals surface area contributed by atoms with Crippen LogP contribution in [0.1, 0.15) is 22.3 Å². The highest BCUT2D eigenvalue weighted by Gasteiger charge is 2.49. The first-order valence-corrected chi connectivity index (χ1v) is 20.2. The molecule has 3 nitrogen and oxygen atoms in total. The van der Waals surface area contributed by atoms with E-state index in [0.29, 0.717) is 5.82 Å². The van der Waals surface area contributed by atoms with Gasteiger partial charge in [-0.1, -0.05) is 176 Å². The van der Waals surface area contributed by atoms with Gasteiger partial charge in [-0.2, -0.15) is 0 Å². The lowest BCUT2D eigenvalue weighted by molar-refractivity contribution is 0.775. The van der Waals surface area contributed by atoms with Crippen molar-refractivity contribution >= 4 is 10.8 Å². The van der Waals surface area contributed by atoms with Gasteiger partial charge < -0.3 is 0 Å². The molecule has 2 aromatic heterocycles. The predicted molar refractivity (Wildman–Crippen MR) is 241 cm³/mol. The fraction of sp³-hybridized carbons (Fsp3) is 0.0179. The summed E-state index contributed by atoms with van der Waals surface area (Å²) in [5.74, 6) is 0.677. The number of nitrogens with zero attached hydrogens (tertiary/aromatic N) is 3. The maximum atomic E-state index is 5.35. The third-order valence-electron chi connectivity index (χ3n) is 12.5. The molecule has 2 heterocycles. The second-order valence-electron chi connectivity index (χ2n) is 15.5. The normalized spacial score (nSPS) is 12.9. The largest absolute Gasteiger partial charge is 0.265 e. The van der Waals surface area contributed by atoms with Crippen molar-refractivity contribution in [3.63, 3.8) is 0 Å². The van der Waals surface area contributed by atoms with Crippen molar-refractivity contribution in [3.05, 3.63) is 235 Å². The van der Waals surface area contributed by atoms with E-state index in [1.54, 1.807) is 0 Å². The summed E-state index contributed by atoms with van der Waals surface area (Å²) in [6.07, 6.45) is 3.65. The average Bonchev–Trinajstić information content (AvgIpc) is 3.56. The highest BCUT2D eigenvalue weighted by Crippen LogP contribution is 2.61. The maximum absolute atomic E-state index is 5.35. The summed E-state index contributed by atoms with van der Waals surface area (Å²) in [6.45, 7) is 0. The molecular weight excluding hydrogens is 715 g/mol. The first-order chi connectivity index (χ1) is 29.3. The number of benzene rings is 8.